The number of hydrogen-bond donors (Lipinski definition) is 1. The fraction of sp³-hybridized carbons (Fsp3) is 0.625. The van der Waals surface area contributed by atoms with Crippen LogP contribution >= 0.6 is 0 Å². The van der Waals surface area contributed by atoms with Crippen molar-refractivity contribution in [3.8, 4) is 0 Å². The molecule has 1 N–H and O–H groups in total. The van der Waals surface area contributed by atoms with Crippen LogP contribution < -0.4 is 0 Å². The molecule has 0 aromatic carbocycles. The molecule has 2 saturated carbocycles. The van der Waals surface area contributed by atoms with E-state index in [4.69, 9.17) is 4.74 Å². The Morgan fingerprint density at radius 3 is 2.72 bits per heavy atom. The normalized spacial score (nSPS) is 42.9. The van der Waals surface area contributed by atoms with Gasteiger partial charge >= 0.3 is 5.97 Å². The van der Waals surface area contributed by atoms with E-state index in [-0.39, 0.29) is 35.6 Å². The van der Waals surface area contributed by atoms with Crippen LogP contribution in [0.1, 0.15) is 53.4 Å². The summed E-state index contributed by atoms with van der Waals surface area (Å²) >= 11 is 0. The Kier molecular flexibility index (Phi) is 4.54. The Balaban J connectivity index is 1.71. The summed E-state index contributed by atoms with van der Waals surface area (Å²) in [6.45, 7) is 7.03. The fourth-order valence-corrected chi connectivity index (χ4v) is 6.74. The second-order valence-electron chi connectivity index (χ2n) is 9.75. The Morgan fingerprint density at radius 2 is 2.03 bits per heavy atom. The van der Waals surface area contributed by atoms with E-state index in [0.717, 1.165) is 19.3 Å². The molecule has 4 aliphatic carbocycles. The van der Waals surface area contributed by atoms with Gasteiger partial charge in [-0.25, -0.2) is 0 Å². The Labute approximate surface area is 171 Å². The van der Waals surface area contributed by atoms with Crippen molar-refractivity contribution in [1.29, 1.82) is 0 Å². The van der Waals surface area contributed by atoms with E-state index in [1.165, 1.54) is 18.1 Å². The summed E-state index contributed by atoms with van der Waals surface area (Å²) in [6, 6.07) is 0. The third-order valence-corrected chi connectivity index (χ3v) is 8.36. The molecule has 2 fully saturated rings. The monoisotopic (exact) mass is 398 g/mol. The minimum Gasteiger partial charge on any atom is -0.458 e. The highest BCUT2D eigenvalue weighted by atomic mass is 16.5. The van der Waals surface area contributed by atoms with Crippen molar-refractivity contribution in [2.75, 3.05) is 6.61 Å². The molecule has 5 nitrogen and oxygen atoms in total. The highest BCUT2D eigenvalue weighted by Gasteiger charge is 2.67. The summed E-state index contributed by atoms with van der Waals surface area (Å²) in [5.41, 5.74) is 0.145. The quantitative estimate of drug-likeness (QED) is 0.583. The van der Waals surface area contributed by atoms with Gasteiger partial charge in [0.05, 0.1) is 0 Å². The molecule has 29 heavy (non-hydrogen) atoms. The number of ketones is 2. The van der Waals surface area contributed by atoms with Crippen LogP contribution in [0, 0.1) is 28.6 Å². The molecule has 0 aromatic heterocycles. The van der Waals surface area contributed by atoms with Gasteiger partial charge in [0.15, 0.2) is 12.4 Å². The van der Waals surface area contributed by atoms with Gasteiger partial charge in [0.2, 0.25) is 5.78 Å². The third kappa shape index (κ3) is 2.66. The molecule has 3 unspecified atom stereocenters. The molecular formula is C24H30O5. The first-order valence-electron chi connectivity index (χ1n) is 10.6. The molecule has 5 heteroatoms. The van der Waals surface area contributed by atoms with E-state index >= 15 is 0 Å². The van der Waals surface area contributed by atoms with Crippen molar-refractivity contribution in [2.24, 2.45) is 28.6 Å². The van der Waals surface area contributed by atoms with E-state index in [1.54, 1.807) is 12.2 Å². The third-order valence-electron chi connectivity index (χ3n) is 8.36. The number of esters is 1. The van der Waals surface area contributed by atoms with Gasteiger partial charge in [-0.3, -0.25) is 14.4 Å². The van der Waals surface area contributed by atoms with Crippen LogP contribution in [0.5, 0.6) is 0 Å². The van der Waals surface area contributed by atoms with Crippen molar-refractivity contribution in [1.82, 2.24) is 0 Å². The summed E-state index contributed by atoms with van der Waals surface area (Å²) < 4.78 is 4.95. The van der Waals surface area contributed by atoms with Crippen LogP contribution in [0.2, 0.25) is 0 Å². The number of carbonyl (C=O) groups is 3. The summed E-state index contributed by atoms with van der Waals surface area (Å²) in [5, 5.41) is 11.7. The average molecular weight is 398 g/mol. The highest BCUT2D eigenvalue weighted by molar-refractivity contribution is 6.01. The molecule has 156 valence electrons. The van der Waals surface area contributed by atoms with E-state index < -0.39 is 22.8 Å². The van der Waals surface area contributed by atoms with Gasteiger partial charge in [-0.15, -0.1) is 0 Å². The predicted molar refractivity (Wildman–Crippen MR) is 108 cm³/mol. The van der Waals surface area contributed by atoms with Crippen LogP contribution in [0.25, 0.3) is 0 Å². The highest BCUT2D eigenvalue weighted by Crippen LogP contribution is 2.66. The first kappa shape index (κ1) is 20.3. The van der Waals surface area contributed by atoms with E-state index in [9.17, 15) is 19.5 Å². The lowest BCUT2D eigenvalue weighted by molar-refractivity contribution is -0.167. The molecule has 6 atom stereocenters. The van der Waals surface area contributed by atoms with Gasteiger partial charge < -0.3 is 9.84 Å². The van der Waals surface area contributed by atoms with Crippen molar-refractivity contribution < 1.29 is 24.2 Å². The number of ether oxygens (including phenoxy) is 1. The lowest BCUT2D eigenvalue weighted by Crippen LogP contribution is -2.57. The van der Waals surface area contributed by atoms with E-state index in [0.29, 0.717) is 6.42 Å². The SMILES string of the molecule is CC(=O)OCC(=O)[C@@]1(O)C(C)CC2C3CCC4=CC(=O)C=C[C@@]4(C)C3=CC[C@]21C. The second kappa shape index (κ2) is 6.49. The molecular weight excluding hydrogens is 368 g/mol. The zero-order valence-electron chi connectivity index (χ0n) is 17.7. The zero-order chi connectivity index (χ0) is 21.2. The smallest absolute Gasteiger partial charge is 0.303 e. The maximum absolute atomic E-state index is 13.0. The van der Waals surface area contributed by atoms with Crippen LogP contribution in [-0.4, -0.2) is 34.9 Å². The first-order chi connectivity index (χ1) is 13.5. The second-order valence-corrected chi connectivity index (χ2v) is 9.75. The van der Waals surface area contributed by atoms with Crippen LogP contribution in [0.4, 0.5) is 0 Å². The molecule has 0 amide bonds. The summed E-state index contributed by atoms with van der Waals surface area (Å²) in [4.78, 5) is 36.1. The molecule has 0 saturated heterocycles. The average Bonchev–Trinajstić information content (AvgIpc) is 2.88. The molecule has 4 aliphatic rings. The van der Waals surface area contributed by atoms with Gasteiger partial charge in [-0.1, -0.05) is 37.1 Å². The number of fused-ring (bicyclic) bond motifs is 5. The van der Waals surface area contributed by atoms with Crippen LogP contribution in [0.15, 0.2) is 35.5 Å². The molecule has 4 rings (SSSR count). The number of carbonyl (C=O) groups excluding carboxylic acids is 3. The summed E-state index contributed by atoms with van der Waals surface area (Å²) in [7, 11) is 0. The Morgan fingerprint density at radius 1 is 1.31 bits per heavy atom. The first-order valence-corrected chi connectivity index (χ1v) is 10.6. The number of allylic oxidation sites excluding steroid dienone is 6. The minimum absolute atomic E-state index is 0.0529. The van der Waals surface area contributed by atoms with Gasteiger partial charge in [0, 0.05) is 17.8 Å². The van der Waals surface area contributed by atoms with Crippen molar-refractivity contribution in [3.05, 3.63) is 35.5 Å². The van der Waals surface area contributed by atoms with E-state index in [1.807, 2.05) is 19.9 Å². The maximum Gasteiger partial charge on any atom is 0.303 e. The zero-order valence-corrected chi connectivity index (χ0v) is 17.7. The lowest BCUT2D eigenvalue weighted by Gasteiger charge is -2.53. The number of rotatable bonds is 3. The summed E-state index contributed by atoms with van der Waals surface area (Å²) in [6.07, 6.45) is 10.8. The molecule has 0 bridgehead atoms. The fourth-order valence-electron chi connectivity index (χ4n) is 6.74. The molecule has 0 spiro atoms. The molecule has 0 heterocycles. The van der Waals surface area contributed by atoms with Crippen LogP contribution in [0.3, 0.4) is 0 Å². The standard InChI is InChI=1S/C24H30O5/c1-14-11-20-18-6-5-16-12-17(26)7-9-22(16,3)19(18)8-10-23(20,4)24(14,28)21(27)13-29-15(2)25/h7-9,12,14,18,20,28H,5-6,10-11,13H2,1-4H3/t14?,18?,20?,22-,23-,24+/m1/s1. The van der Waals surface area contributed by atoms with Crippen molar-refractivity contribution >= 4 is 17.5 Å². The predicted octanol–water partition coefficient (Wildman–Crippen LogP) is 3.32. The van der Waals surface area contributed by atoms with E-state index in [2.05, 4.69) is 13.0 Å². The lowest BCUT2D eigenvalue weighted by atomic mass is 9.51. The van der Waals surface area contributed by atoms with Crippen LogP contribution in [-0.2, 0) is 19.1 Å². The maximum atomic E-state index is 13.0. The van der Waals surface area contributed by atoms with Crippen molar-refractivity contribution in [3.63, 3.8) is 0 Å². The van der Waals surface area contributed by atoms with Crippen molar-refractivity contribution in [2.45, 2.75) is 59.0 Å². The van der Waals surface area contributed by atoms with Gasteiger partial charge in [-0.2, -0.15) is 0 Å². The number of Topliss-reactive ketones (excluding diaryl/α,β-unsaturated/α-hetero) is 1. The Hall–Kier alpha value is -2.01. The number of aliphatic hydroxyl groups is 1. The van der Waals surface area contributed by atoms with Gasteiger partial charge in [-0.05, 0) is 62.5 Å². The molecule has 0 aromatic rings. The largest absolute Gasteiger partial charge is 0.458 e. The summed E-state index contributed by atoms with van der Waals surface area (Å²) in [5.74, 6) is -0.621. The molecule has 0 radical (unpaired) electrons. The number of hydrogen-bond acceptors (Lipinski definition) is 5. The Bertz CT molecular complexity index is 880. The topological polar surface area (TPSA) is 80.7 Å². The minimum atomic E-state index is -1.51. The van der Waals surface area contributed by atoms with Gasteiger partial charge in [0.1, 0.15) is 5.60 Å². The molecule has 0 aliphatic heterocycles. The van der Waals surface area contributed by atoms with Gasteiger partial charge in [0.25, 0.3) is 0 Å².